The Hall–Kier alpha value is -2.79. The first-order valence-corrected chi connectivity index (χ1v) is 16.2. The summed E-state index contributed by atoms with van der Waals surface area (Å²) in [5.74, 6) is -4.23. The number of nitrogens with one attached hydrogen (secondary N) is 5. The van der Waals surface area contributed by atoms with Gasteiger partial charge in [0.1, 0.15) is 24.2 Å². The molecule has 16 heteroatoms. The highest BCUT2D eigenvalue weighted by Crippen LogP contribution is 2.09. The Morgan fingerprint density at radius 2 is 1.22 bits per heavy atom. The molecule has 15 nitrogen and oxygen atoms in total. The van der Waals surface area contributed by atoms with Crippen LogP contribution in [0.5, 0.6) is 0 Å². The molecule has 0 radical (unpaired) electrons. The average Bonchev–Trinajstić information content (AvgIpc) is 2.98. The van der Waals surface area contributed by atoms with Gasteiger partial charge in [0.2, 0.25) is 29.5 Å². The molecule has 6 unspecified atom stereocenters. The third-order valence-corrected chi connectivity index (χ3v) is 7.33. The monoisotopic (exact) mass is 643 g/mol. The van der Waals surface area contributed by atoms with Gasteiger partial charge >= 0.3 is 7.12 Å². The first-order valence-electron chi connectivity index (χ1n) is 16.2. The van der Waals surface area contributed by atoms with E-state index in [4.69, 9.17) is 11.5 Å². The maximum atomic E-state index is 13.0. The summed E-state index contributed by atoms with van der Waals surface area (Å²) in [5, 5.41) is 41.3. The Bertz CT molecular complexity index is 897. The van der Waals surface area contributed by atoms with Gasteiger partial charge < -0.3 is 53.2 Å². The van der Waals surface area contributed by atoms with Crippen LogP contribution >= 0.6 is 0 Å². The Labute approximate surface area is 267 Å². The fourth-order valence-electron chi connectivity index (χ4n) is 4.43. The van der Waals surface area contributed by atoms with Crippen molar-refractivity contribution in [3.8, 4) is 0 Å². The highest BCUT2D eigenvalue weighted by atomic mass is 16.4. The van der Waals surface area contributed by atoms with Crippen LogP contribution < -0.4 is 38.1 Å². The van der Waals surface area contributed by atoms with Crippen molar-refractivity contribution < 1.29 is 39.1 Å². The standard InChI is InChI=1S/C29H58BN7O8/c1-5-6-7-8-9-10-11-15-24(39)35-23(16-18-32)28(42)37-25(20(3)38)29(43)33-19(2)26(40)36-22(14-12-13-17-31)27(41)34-21(4)30(44)45/h19-23,25,38,44-45H,5-18,31-32H2,1-4H3,(H,33,43)(H,34,41)(H,35,39)(H,36,40)(H,37,42). The molecule has 0 saturated carbocycles. The van der Waals surface area contributed by atoms with Gasteiger partial charge in [-0.15, -0.1) is 0 Å². The van der Waals surface area contributed by atoms with Crippen LogP contribution in [0.3, 0.4) is 0 Å². The number of rotatable bonds is 25. The highest BCUT2D eigenvalue weighted by molar-refractivity contribution is 6.43. The lowest BCUT2D eigenvalue weighted by Crippen LogP contribution is -2.60. The van der Waals surface area contributed by atoms with E-state index in [2.05, 4.69) is 33.5 Å². The van der Waals surface area contributed by atoms with E-state index in [1.54, 1.807) is 0 Å². The zero-order valence-electron chi connectivity index (χ0n) is 27.5. The number of carbonyl (C=O) groups is 5. The van der Waals surface area contributed by atoms with E-state index in [-0.39, 0.29) is 31.7 Å². The number of aliphatic hydroxyl groups is 1. The number of hydrogen-bond donors (Lipinski definition) is 10. The zero-order valence-corrected chi connectivity index (χ0v) is 27.5. The summed E-state index contributed by atoms with van der Waals surface area (Å²) < 4.78 is 0. The van der Waals surface area contributed by atoms with Crippen LogP contribution in [0, 0.1) is 0 Å². The van der Waals surface area contributed by atoms with Crippen LogP contribution in [-0.2, 0) is 24.0 Å². The molecule has 0 aliphatic carbocycles. The summed E-state index contributed by atoms with van der Waals surface area (Å²) in [5.41, 5.74) is 11.2. The number of carbonyl (C=O) groups excluding carboxylic acids is 5. The SMILES string of the molecule is CCCCCCCCCC(=O)NC(CCN)C(=O)NC(C(=O)NC(C)C(=O)NC(CCCCN)C(=O)NC(C)B(O)O)C(C)O. The molecule has 0 fully saturated rings. The smallest absolute Gasteiger partial charge is 0.426 e. The number of nitrogens with two attached hydrogens (primary N) is 2. The maximum Gasteiger partial charge on any atom is 0.475 e. The van der Waals surface area contributed by atoms with E-state index in [9.17, 15) is 39.1 Å². The van der Waals surface area contributed by atoms with Crippen molar-refractivity contribution in [3.63, 3.8) is 0 Å². The summed E-state index contributed by atoms with van der Waals surface area (Å²) in [6, 6.07) is -4.69. The van der Waals surface area contributed by atoms with E-state index in [1.165, 1.54) is 33.6 Å². The molecule has 260 valence electrons. The summed E-state index contributed by atoms with van der Waals surface area (Å²) in [7, 11) is -1.80. The van der Waals surface area contributed by atoms with Crippen LogP contribution in [-0.4, -0.2) is 101 Å². The third kappa shape index (κ3) is 18.7. The quantitative estimate of drug-likeness (QED) is 0.0405. The molecule has 0 saturated heterocycles. The Kier molecular flexibility index (Phi) is 22.9. The van der Waals surface area contributed by atoms with Gasteiger partial charge in [0, 0.05) is 6.42 Å². The van der Waals surface area contributed by atoms with E-state index >= 15 is 0 Å². The molecular weight excluding hydrogens is 585 g/mol. The van der Waals surface area contributed by atoms with Crippen molar-refractivity contribution in [2.75, 3.05) is 13.1 Å². The highest BCUT2D eigenvalue weighted by Gasteiger charge is 2.32. The third-order valence-electron chi connectivity index (χ3n) is 7.33. The van der Waals surface area contributed by atoms with Gasteiger partial charge in [-0.1, -0.05) is 45.4 Å². The van der Waals surface area contributed by atoms with Crippen molar-refractivity contribution >= 4 is 36.7 Å². The Balaban J connectivity index is 5.21. The van der Waals surface area contributed by atoms with Gasteiger partial charge in [0.15, 0.2) is 0 Å². The molecule has 0 spiro atoms. The van der Waals surface area contributed by atoms with Crippen LogP contribution in [0.1, 0.15) is 105 Å². The predicted molar refractivity (Wildman–Crippen MR) is 172 cm³/mol. The number of unbranched alkanes of at least 4 members (excludes halogenated alkanes) is 7. The van der Waals surface area contributed by atoms with Gasteiger partial charge in [-0.05, 0) is 66.0 Å². The molecule has 0 aromatic heterocycles. The van der Waals surface area contributed by atoms with Crippen molar-refractivity contribution in [2.45, 2.75) is 141 Å². The number of hydrogen-bond acceptors (Lipinski definition) is 10. The van der Waals surface area contributed by atoms with E-state index in [0.717, 1.165) is 25.7 Å². The second-order valence-electron chi connectivity index (χ2n) is 11.6. The lowest BCUT2D eigenvalue weighted by molar-refractivity contribution is -0.136. The first kappa shape index (κ1) is 42.2. The van der Waals surface area contributed by atoms with Crippen molar-refractivity contribution in [3.05, 3.63) is 0 Å². The van der Waals surface area contributed by atoms with E-state index in [1.807, 2.05) is 0 Å². The largest absolute Gasteiger partial charge is 0.475 e. The molecule has 45 heavy (non-hydrogen) atoms. The number of aliphatic hydroxyl groups excluding tert-OH is 1. The van der Waals surface area contributed by atoms with Crippen molar-refractivity contribution in [2.24, 2.45) is 11.5 Å². The topological polar surface area (TPSA) is 258 Å². The van der Waals surface area contributed by atoms with Crippen LogP contribution in [0.25, 0.3) is 0 Å². The molecule has 6 atom stereocenters. The lowest BCUT2D eigenvalue weighted by Gasteiger charge is -2.26. The molecule has 0 heterocycles. The molecule has 0 bridgehead atoms. The average molecular weight is 644 g/mol. The minimum absolute atomic E-state index is 0.0919. The van der Waals surface area contributed by atoms with Gasteiger partial charge in [-0.3, -0.25) is 24.0 Å². The van der Waals surface area contributed by atoms with Crippen LogP contribution in [0.4, 0.5) is 0 Å². The minimum atomic E-state index is -1.80. The summed E-state index contributed by atoms with van der Waals surface area (Å²) in [4.78, 5) is 64.1. The molecule has 0 aliphatic rings. The molecule has 0 aromatic carbocycles. The molecule has 5 amide bonds. The fraction of sp³-hybridized carbons (Fsp3) is 0.828. The first-order chi connectivity index (χ1) is 21.3. The second kappa shape index (κ2) is 24.4. The van der Waals surface area contributed by atoms with Crippen molar-refractivity contribution in [1.82, 2.24) is 26.6 Å². The van der Waals surface area contributed by atoms with Crippen molar-refractivity contribution in [1.29, 1.82) is 0 Å². The fourth-order valence-corrected chi connectivity index (χ4v) is 4.43. The maximum absolute atomic E-state index is 13.0. The van der Waals surface area contributed by atoms with Crippen LogP contribution in [0.15, 0.2) is 0 Å². The minimum Gasteiger partial charge on any atom is -0.426 e. The lowest BCUT2D eigenvalue weighted by atomic mass is 9.81. The van der Waals surface area contributed by atoms with Gasteiger partial charge in [-0.25, -0.2) is 0 Å². The van der Waals surface area contributed by atoms with E-state index in [0.29, 0.717) is 25.8 Å². The summed E-state index contributed by atoms with van der Waals surface area (Å²) in [6.07, 6.45) is 7.59. The summed E-state index contributed by atoms with van der Waals surface area (Å²) >= 11 is 0. The Morgan fingerprint density at radius 1 is 0.644 bits per heavy atom. The Morgan fingerprint density at radius 3 is 1.78 bits per heavy atom. The molecule has 0 rings (SSSR count). The number of amides is 5. The van der Waals surface area contributed by atoms with Gasteiger partial charge in [-0.2, -0.15) is 0 Å². The summed E-state index contributed by atoms with van der Waals surface area (Å²) in [6.45, 7) is 6.66. The molecule has 0 aliphatic heterocycles. The molecular formula is C29H58BN7O8. The van der Waals surface area contributed by atoms with Gasteiger partial charge in [0.25, 0.3) is 0 Å². The van der Waals surface area contributed by atoms with E-state index < -0.39 is 67.0 Å². The predicted octanol–water partition coefficient (Wildman–Crippen LogP) is -1.54. The molecule has 12 N–H and O–H groups in total. The molecule has 0 aromatic rings. The zero-order chi connectivity index (χ0) is 34.4. The second-order valence-corrected chi connectivity index (χ2v) is 11.6. The van der Waals surface area contributed by atoms with Crippen LogP contribution in [0.2, 0.25) is 0 Å². The van der Waals surface area contributed by atoms with Gasteiger partial charge in [0.05, 0.1) is 12.0 Å². The normalized spacial score (nSPS) is 15.0.